The molecule has 2 aromatic carbocycles. The third-order valence-corrected chi connectivity index (χ3v) is 3.72. The average Bonchev–Trinajstić information content (AvgIpc) is 2.54. The molecule has 0 spiro atoms. The minimum absolute atomic E-state index is 0.350. The minimum Gasteiger partial charge on any atom is -0.465 e. The lowest BCUT2D eigenvalue weighted by Gasteiger charge is -2.14. The van der Waals surface area contributed by atoms with Crippen molar-refractivity contribution in [3.05, 3.63) is 59.5 Å². The number of fused-ring (bicyclic) bond motifs is 1. The van der Waals surface area contributed by atoms with Crippen LogP contribution in [0.25, 0.3) is 22.0 Å². The van der Waals surface area contributed by atoms with Gasteiger partial charge in [-0.2, -0.15) is 0 Å². The maximum absolute atomic E-state index is 12.1. The van der Waals surface area contributed by atoms with E-state index in [0.29, 0.717) is 11.4 Å². The summed E-state index contributed by atoms with van der Waals surface area (Å²) in [7, 11) is 1.39. The third kappa shape index (κ3) is 2.33. The van der Waals surface area contributed by atoms with Gasteiger partial charge in [0.25, 0.3) is 0 Å². The minimum atomic E-state index is -0.350. The fourth-order valence-electron chi connectivity index (χ4n) is 2.64. The van der Waals surface area contributed by atoms with E-state index < -0.39 is 0 Å². The number of aryl methyl sites for hydroxylation is 1. The number of ether oxygens (including phenoxy) is 1. The second kappa shape index (κ2) is 5.56. The fraction of sp³-hybridized carbons (Fsp3) is 0.167. The van der Waals surface area contributed by atoms with Gasteiger partial charge in [-0.15, -0.1) is 0 Å². The zero-order chi connectivity index (χ0) is 15.7. The maximum atomic E-state index is 12.1. The molecule has 0 radical (unpaired) electrons. The molecule has 0 unspecified atom stereocenters. The van der Waals surface area contributed by atoms with Crippen molar-refractivity contribution < 1.29 is 9.53 Å². The lowest BCUT2D eigenvalue weighted by Crippen LogP contribution is -2.06. The number of benzene rings is 2. The molecule has 1 aromatic heterocycles. The van der Waals surface area contributed by atoms with Gasteiger partial charge in [0.1, 0.15) is 5.82 Å². The number of methoxy groups -OCH3 is 1. The number of rotatable bonds is 2. The molecular weight excluding hydrogens is 276 g/mol. The van der Waals surface area contributed by atoms with Gasteiger partial charge < -0.3 is 4.74 Å². The van der Waals surface area contributed by atoms with E-state index in [1.165, 1.54) is 7.11 Å². The number of carbonyl (C=O) groups is 1. The predicted molar refractivity (Wildman–Crippen MR) is 85.8 cm³/mol. The highest BCUT2D eigenvalue weighted by Crippen LogP contribution is 2.33. The Morgan fingerprint density at radius 3 is 2.55 bits per heavy atom. The molecule has 4 heteroatoms. The Balaban J connectivity index is 2.42. The smallest absolute Gasteiger partial charge is 0.338 e. The quantitative estimate of drug-likeness (QED) is 0.676. The molecular formula is C18H16N2O2. The van der Waals surface area contributed by atoms with E-state index >= 15 is 0 Å². The third-order valence-electron chi connectivity index (χ3n) is 3.72. The number of esters is 1. The van der Waals surface area contributed by atoms with Crippen LogP contribution in [-0.4, -0.2) is 23.0 Å². The van der Waals surface area contributed by atoms with Crippen LogP contribution in [0.15, 0.2) is 42.6 Å². The molecule has 0 amide bonds. The van der Waals surface area contributed by atoms with Crippen molar-refractivity contribution in [3.63, 3.8) is 0 Å². The Kier molecular flexibility index (Phi) is 3.59. The van der Waals surface area contributed by atoms with Crippen molar-refractivity contribution in [2.75, 3.05) is 7.11 Å². The normalized spacial score (nSPS) is 10.7. The second-order valence-electron chi connectivity index (χ2n) is 5.14. The van der Waals surface area contributed by atoms with Gasteiger partial charge in [0.15, 0.2) is 0 Å². The van der Waals surface area contributed by atoms with Crippen LogP contribution < -0.4 is 0 Å². The van der Waals surface area contributed by atoms with Gasteiger partial charge in [-0.1, -0.05) is 30.3 Å². The Morgan fingerprint density at radius 1 is 1.14 bits per heavy atom. The SMILES string of the molecule is COC(=O)c1cc2cnc(C)nc2c(-c2ccccc2)c1C. The molecule has 0 bridgehead atoms. The van der Waals surface area contributed by atoms with Gasteiger partial charge in [-0.25, -0.2) is 14.8 Å². The van der Waals surface area contributed by atoms with E-state index in [4.69, 9.17) is 4.74 Å². The van der Waals surface area contributed by atoms with Crippen LogP contribution in [0.4, 0.5) is 0 Å². The molecule has 0 atom stereocenters. The molecule has 0 aliphatic heterocycles. The van der Waals surface area contributed by atoms with E-state index in [1.54, 1.807) is 12.3 Å². The summed E-state index contributed by atoms with van der Waals surface area (Å²) in [5.41, 5.74) is 4.23. The fourth-order valence-corrected chi connectivity index (χ4v) is 2.64. The second-order valence-corrected chi connectivity index (χ2v) is 5.14. The molecule has 0 aliphatic carbocycles. The van der Waals surface area contributed by atoms with Gasteiger partial charge in [-0.3, -0.25) is 0 Å². The van der Waals surface area contributed by atoms with Gasteiger partial charge in [0, 0.05) is 17.1 Å². The highest BCUT2D eigenvalue weighted by molar-refractivity contribution is 6.03. The van der Waals surface area contributed by atoms with Crippen LogP contribution in [0.1, 0.15) is 21.7 Å². The predicted octanol–water partition coefficient (Wildman–Crippen LogP) is 3.70. The molecule has 0 N–H and O–H groups in total. The Hall–Kier alpha value is -2.75. The van der Waals surface area contributed by atoms with Gasteiger partial charge in [-0.05, 0) is 31.0 Å². The Bertz CT molecular complexity index is 858. The van der Waals surface area contributed by atoms with Crippen LogP contribution in [0.3, 0.4) is 0 Å². The molecule has 0 saturated carbocycles. The van der Waals surface area contributed by atoms with Crippen molar-refractivity contribution in [1.29, 1.82) is 0 Å². The van der Waals surface area contributed by atoms with Crippen molar-refractivity contribution in [2.24, 2.45) is 0 Å². The van der Waals surface area contributed by atoms with E-state index in [2.05, 4.69) is 9.97 Å². The molecule has 110 valence electrons. The summed E-state index contributed by atoms with van der Waals surface area (Å²) in [6.07, 6.45) is 1.75. The molecule has 1 heterocycles. The topological polar surface area (TPSA) is 52.1 Å². The van der Waals surface area contributed by atoms with Gasteiger partial charge in [0.2, 0.25) is 0 Å². The first-order valence-electron chi connectivity index (χ1n) is 7.02. The van der Waals surface area contributed by atoms with E-state index in [1.807, 2.05) is 44.2 Å². The number of hydrogen-bond donors (Lipinski definition) is 0. The van der Waals surface area contributed by atoms with Crippen LogP contribution in [0, 0.1) is 13.8 Å². The number of aromatic nitrogens is 2. The van der Waals surface area contributed by atoms with Crippen molar-refractivity contribution in [3.8, 4) is 11.1 Å². The van der Waals surface area contributed by atoms with Gasteiger partial charge >= 0.3 is 5.97 Å². The summed E-state index contributed by atoms with van der Waals surface area (Å²) in [4.78, 5) is 20.9. The van der Waals surface area contributed by atoms with Crippen LogP contribution in [0.5, 0.6) is 0 Å². The standard InChI is InChI=1S/C18H16N2O2/c1-11-15(18(21)22-3)9-14-10-19-12(2)20-17(14)16(11)13-7-5-4-6-8-13/h4-10H,1-3H3. The van der Waals surface area contributed by atoms with Crippen LogP contribution in [0.2, 0.25) is 0 Å². The first-order chi connectivity index (χ1) is 10.6. The zero-order valence-corrected chi connectivity index (χ0v) is 12.8. The monoisotopic (exact) mass is 292 g/mol. The Labute approximate surface area is 128 Å². The maximum Gasteiger partial charge on any atom is 0.338 e. The Morgan fingerprint density at radius 2 is 1.86 bits per heavy atom. The lowest BCUT2D eigenvalue weighted by atomic mass is 9.93. The molecule has 4 nitrogen and oxygen atoms in total. The number of carbonyl (C=O) groups excluding carboxylic acids is 1. The van der Waals surface area contributed by atoms with Crippen molar-refractivity contribution in [2.45, 2.75) is 13.8 Å². The molecule has 0 saturated heterocycles. The first-order valence-corrected chi connectivity index (χ1v) is 7.02. The van der Waals surface area contributed by atoms with E-state index in [-0.39, 0.29) is 5.97 Å². The lowest BCUT2D eigenvalue weighted by molar-refractivity contribution is 0.0600. The molecule has 3 aromatic rings. The summed E-state index contributed by atoms with van der Waals surface area (Å²) in [5.74, 6) is 0.354. The van der Waals surface area contributed by atoms with Crippen LogP contribution >= 0.6 is 0 Å². The molecule has 0 aliphatic rings. The summed E-state index contributed by atoms with van der Waals surface area (Å²) in [6.45, 7) is 3.78. The van der Waals surface area contributed by atoms with Crippen molar-refractivity contribution in [1.82, 2.24) is 9.97 Å². The molecule has 3 rings (SSSR count). The number of nitrogens with zero attached hydrogens (tertiary/aromatic N) is 2. The van der Waals surface area contributed by atoms with E-state index in [0.717, 1.165) is 27.6 Å². The number of hydrogen-bond acceptors (Lipinski definition) is 4. The highest BCUT2D eigenvalue weighted by Gasteiger charge is 2.18. The summed E-state index contributed by atoms with van der Waals surface area (Å²) in [5, 5.41) is 0.829. The first kappa shape index (κ1) is 14.2. The van der Waals surface area contributed by atoms with Crippen LogP contribution in [-0.2, 0) is 4.74 Å². The average molecular weight is 292 g/mol. The molecule has 0 fully saturated rings. The summed E-state index contributed by atoms with van der Waals surface area (Å²) < 4.78 is 4.90. The highest BCUT2D eigenvalue weighted by atomic mass is 16.5. The van der Waals surface area contributed by atoms with Crippen molar-refractivity contribution >= 4 is 16.9 Å². The summed E-state index contributed by atoms with van der Waals surface area (Å²) >= 11 is 0. The van der Waals surface area contributed by atoms with Gasteiger partial charge in [0.05, 0.1) is 18.2 Å². The summed E-state index contributed by atoms with van der Waals surface area (Å²) in [6, 6.07) is 11.7. The zero-order valence-electron chi connectivity index (χ0n) is 12.8. The van der Waals surface area contributed by atoms with E-state index in [9.17, 15) is 4.79 Å². The molecule has 22 heavy (non-hydrogen) atoms. The largest absolute Gasteiger partial charge is 0.465 e.